The zero-order valence-electron chi connectivity index (χ0n) is 20.5. The highest BCUT2D eigenvalue weighted by molar-refractivity contribution is 7.89. The van der Waals surface area contributed by atoms with Gasteiger partial charge in [0, 0.05) is 36.0 Å². The van der Waals surface area contributed by atoms with E-state index in [4.69, 9.17) is 9.05 Å². The summed E-state index contributed by atoms with van der Waals surface area (Å²) < 4.78 is 52.9. The summed E-state index contributed by atoms with van der Waals surface area (Å²) in [6, 6.07) is 15.0. The topological polar surface area (TPSA) is 119 Å². The molecule has 11 heteroatoms. The second-order valence-corrected chi connectivity index (χ2v) is 10.8. The molecule has 0 unspecified atom stereocenters. The normalized spacial score (nSPS) is 16.6. The zero-order valence-corrected chi connectivity index (χ0v) is 21.3. The van der Waals surface area contributed by atoms with Gasteiger partial charge in [0.05, 0.1) is 12.1 Å². The van der Waals surface area contributed by atoms with Crippen molar-refractivity contribution in [2.45, 2.75) is 24.7 Å². The van der Waals surface area contributed by atoms with Gasteiger partial charge in [-0.3, -0.25) is 4.79 Å². The van der Waals surface area contributed by atoms with Crippen LogP contribution in [0.3, 0.4) is 0 Å². The molecule has 3 heterocycles. The van der Waals surface area contributed by atoms with Crippen molar-refractivity contribution in [2.75, 3.05) is 18.4 Å². The minimum absolute atomic E-state index is 0.00387. The van der Waals surface area contributed by atoms with Crippen molar-refractivity contribution in [1.82, 2.24) is 14.6 Å². The summed E-state index contributed by atoms with van der Waals surface area (Å²) in [6.07, 6.45) is 5.46. The maximum atomic E-state index is 14.0. The average Bonchev–Trinajstić information content (AvgIpc) is 3.59. The third kappa shape index (κ3) is 5.29. The number of piperidine rings is 1. The number of sulfonamides is 1. The second kappa shape index (κ2) is 10.7. The lowest BCUT2D eigenvalue weighted by atomic mass is 9.98. The number of nitrogens with one attached hydrogen (secondary N) is 1. The van der Waals surface area contributed by atoms with Crippen LogP contribution in [-0.4, -0.2) is 42.0 Å². The molecule has 1 amide bonds. The number of rotatable bonds is 7. The number of hydrogen-bond acceptors (Lipinski definition) is 7. The van der Waals surface area contributed by atoms with Crippen molar-refractivity contribution in [2.24, 2.45) is 5.92 Å². The standard InChI is InChI=1S/C27H25FN4O5S/c1-18-26(25(37-31-18)13-10-19-5-2-3-7-23(19)28)38(34,35)32-16-4-6-21(17-32)27(33)30-22-11-8-20(9-12-22)24-14-15-29-36-24/h2-3,5,7-15,21H,4,6,16-17H2,1H3,(H,30,33)/b13-10+/t21-/m1/s1. The van der Waals surface area contributed by atoms with Crippen molar-refractivity contribution < 1.29 is 26.6 Å². The lowest BCUT2D eigenvalue weighted by molar-refractivity contribution is -0.120. The molecule has 0 aliphatic carbocycles. The van der Waals surface area contributed by atoms with Crippen LogP contribution in [0.15, 0.2) is 74.7 Å². The van der Waals surface area contributed by atoms with E-state index in [2.05, 4.69) is 15.6 Å². The molecule has 38 heavy (non-hydrogen) atoms. The highest BCUT2D eigenvalue weighted by Gasteiger charge is 2.37. The summed E-state index contributed by atoms with van der Waals surface area (Å²) >= 11 is 0. The Morgan fingerprint density at radius 2 is 1.89 bits per heavy atom. The number of amides is 1. The van der Waals surface area contributed by atoms with Gasteiger partial charge in [-0.15, -0.1) is 0 Å². The summed E-state index contributed by atoms with van der Waals surface area (Å²) in [4.78, 5) is 12.9. The molecule has 1 aliphatic heterocycles. The Bertz CT molecular complexity index is 1560. The maximum Gasteiger partial charge on any atom is 0.248 e. The molecule has 196 valence electrons. The van der Waals surface area contributed by atoms with Gasteiger partial charge in [-0.05, 0) is 62.2 Å². The number of aryl methyl sites for hydroxylation is 1. The lowest BCUT2D eigenvalue weighted by Gasteiger charge is -2.31. The zero-order chi connectivity index (χ0) is 26.7. The molecule has 0 radical (unpaired) electrons. The highest BCUT2D eigenvalue weighted by Crippen LogP contribution is 2.30. The molecule has 2 aromatic carbocycles. The lowest BCUT2D eigenvalue weighted by Crippen LogP contribution is -2.43. The first-order chi connectivity index (χ1) is 18.3. The molecule has 0 spiro atoms. The summed E-state index contributed by atoms with van der Waals surface area (Å²) in [5, 5.41) is 10.4. The van der Waals surface area contributed by atoms with Gasteiger partial charge in [-0.25, -0.2) is 12.8 Å². The Balaban J connectivity index is 1.30. The molecule has 0 bridgehead atoms. The van der Waals surface area contributed by atoms with Crippen molar-refractivity contribution in [3.05, 3.63) is 83.6 Å². The van der Waals surface area contributed by atoms with Gasteiger partial charge in [0.1, 0.15) is 11.5 Å². The molecular weight excluding hydrogens is 511 g/mol. The van der Waals surface area contributed by atoms with E-state index in [1.165, 1.54) is 29.4 Å². The molecule has 1 saturated heterocycles. The van der Waals surface area contributed by atoms with Crippen LogP contribution in [-0.2, 0) is 14.8 Å². The predicted molar refractivity (Wildman–Crippen MR) is 139 cm³/mol. The van der Waals surface area contributed by atoms with Gasteiger partial charge >= 0.3 is 0 Å². The van der Waals surface area contributed by atoms with Crippen LogP contribution in [0.1, 0.15) is 29.9 Å². The fourth-order valence-electron chi connectivity index (χ4n) is 4.41. The second-order valence-electron chi connectivity index (χ2n) is 8.96. The van der Waals surface area contributed by atoms with Crippen molar-refractivity contribution in [3.63, 3.8) is 0 Å². The molecule has 9 nitrogen and oxygen atoms in total. The number of hydrogen-bond donors (Lipinski definition) is 1. The SMILES string of the molecule is Cc1noc(/C=C/c2ccccc2F)c1S(=O)(=O)N1CCC[C@@H](C(=O)Nc2ccc(-c3ccno3)cc2)C1. The van der Waals surface area contributed by atoms with E-state index in [-0.39, 0.29) is 40.9 Å². The van der Waals surface area contributed by atoms with Crippen LogP contribution in [0.5, 0.6) is 0 Å². The van der Waals surface area contributed by atoms with E-state index < -0.39 is 21.8 Å². The van der Waals surface area contributed by atoms with E-state index in [1.54, 1.807) is 54.7 Å². The minimum atomic E-state index is -4.03. The largest absolute Gasteiger partial charge is 0.356 e. The summed E-state index contributed by atoms with van der Waals surface area (Å²) in [6.45, 7) is 1.82. The van der Waals surface area contributed by atoms with Crippen LogP contribution in [0, 0.1) is 18.7 Å². The summed E-state index contributed by atoms with van der Waals surface area (Å²) in [5.41, 5.74) is 1.89. The van der Waals surface area contributed by atoms with E-state index in [0.717, 1.165) is 5.56 Å². The molecule has 5 rings (SSSR count). The average molecular weight is 537 g/mol. The number of carbonyl (C=O) groups is 1. The van der Waals surface area contributed by atoms with E-state index in [9.17, 15) is 17.6 Å². The Kier molecular flexibility index (Phi) is 7.21. The van der Waals surface area contributed by atoms with Gasteiger partial charge in [-0.1, -0.05) is 28.5 Å². The van der Waals surface area contributed by atoms with Crippen molar-refractivity contribution in [3.8, 4) is 11.3 Å². The number of carbonyl (C=O) groups excluding carboxylic acids is 1. The fraction of sp³-hybridized carbons (Fsp3) is 0.222. The van der Waals surface area contributed by atoms with Crippen molar-refractivity contribution in [1.29, 1.82) is 0 Å². The van der Waals surface area contributed by atoms with Crippen LogP contribution < -0.4 is 5.32 Å². The molecular formula is C27H25FN4O5S. The summed E-state index contributed by atoms with van der Waals surface area (Å²) in [7, 11) is -4.03. The fourth-order valence-corrected chi connectivity index (χ4v) is 6.18. The van der Waals surface area contributed by atoms with Crippen LogP contribution in [0.25, 0.3) is 23.5 Å². The third-order valence-corrected chi connectivity index (χ3v) is 8.40. The number of nitrogens with zero attached hydrogens (tertiary/aromatic N) is 3. The minimum Gasteiger partial charge on any atom is -0.356 e. The molecule has 1 aliphatic rings. The van der Waals surface area contributed by atoms with Gasteiger partial charge in [-0.2, -0.15) is 4.31 Å². The molecule has 0 saturated carbocycles. The van der Waals surface area contributed by atoms with Gasteiger partial charge < -0.3 is 14.4 Å². The maximum absolute atomic E-state index is 14.0. The first-order valence-electron chi connectivity index (χ1n) is 12.0. The van der Waals surface area contributed by atoms with Gasteiger partial charge in [0.2, 0.25) is 15.9 Å². The number of aromatic nitrogens is 2. The smallest absolute Gasteiger partial charge is 0.248 e. The van der Waals surface area contributed by atoms with Crippen LogP contribution in [0.2, 0.25) is 0 Å². The summed E-state index contributed by atoms with van der Waals surface area (Å²) in [5.74, 6) is -0.627. The first-order valence-corrected chi connectivity index (χ1v) is 13.5. The molecule has 1 fully saturated rings. The first kappa shape index (κ1) is 25.6. The molecule has 1 atom stereocenters. The molecule has 1 N–H and O–H groups in total. The van der Waals surface area contributed by atoms with E-state index in [1.807, 2.05) is 0 Å². The Morgan fingerprint density at radius 3 is 2.63 bits per heavy atom. The third-order valence-electron chi connectivity index (χ3n) is 6.38. The quantitative estimate of drug-likeness (QED) is 0.354. The van der Waals surface area contributed by atoms with E-state index >= 15 is 0 Å². The Morgan fingerprint density at radius 1 is 1.11 bits per heavy atom. The van der Waals surface area contributed by atoms with Gasteiger partial charge in [0.25, 0.3) is 0 Å². The van der Waals surface area contributed by atoms with Crippen LogP contribution >= 0.6 is 0 Å². The monoisotopic (exact) mass is 536 g/mol. The van der Waals surface area contributed by atoms with Crippen LogP contribution in [0.4, 0.5) is 10.1 Å². The number of benzene rings is 2. The van der Waals surface area contributed by atoms with E-state index in [0.29, 0.717) is 24.3 Å². The predicted octanol–water partition coefficient (Wildman–Crippen LogP) is 4.99. The molecule has 2 aromatic heterocycles. The Hall–Kier alpha value is -4.09. The van der Waals surface area contributed by atoms with Crippen molar-refractivity contribution >= 4 is 33.8 Å². The number of anilines is 1. The molecule has 4 aromatic rings. The Labute approximate surface area is 219 Å². The highest BCUT2D eigenvalue weighted by atomic mass is 32.2. The van der Waals surface area contributed by atoms with Gasteiger partial charge in [0.15, 0.2) is 16.4 Å². The number of halogens is 1.